The summed E-state index contributed by atoms with van der Waals surface area (Å²) >= 11 is 0. The highest BCUT2D eigenvalue weighted by Gasteiger charge is 2.31. The third kappa shape index (κ3) is 1.94. The first-order chi connectivity index (χ1) is 7.77. The second kappa shape index (κ2) is 4.87. The number of ether oxygens (including phenoxy) is 1. The van der Waals surface area contributed by atoms with Gasteiger partial charge in [0.1, 0.15) is 0 Å². The van der Waals surface area contributed by atoms with Crippen molar-refractivity contribution in [2.45, 2.75) is 51.1 Å². The van der Waals surface area contributed by atoms with E-state index in [1.54, 1.807) is 7.11 Å². The summed E-state index contributed by atoms with van der Waals surface area (Å²) < 4.78 is 7.46. The van der Waals surface area contributed by atoms with Gasteiger partial charge >= 0.3 is 0 Å². The van der Waals surface area contributed by atoms with Crippen LogP contribution in [0, 0.1) is 0 Å². The number of rotatable bonds is 4. The van der Waals surface area contributed by atoms with Crippen LogP contribution in [0.2, 0.25) is 0 Å². The average Bonchev–Trinajstić information content (AvgIpc) is 2.85. The van der Waals surface area contributed by atoms with Gasteiger partial charge in [-0.3, -0.25) is 4.68 Å². The van der Waals surface area contributed by atoms with Crippen molar-refractivity contribution in [2.24, 2.45) is 5.73 Å². The predicted molar refractivity (Wildman–Crippen MR) is 63.6 cm³/mol. The third-order valence-corrected chi connectivity index (χ3v) is 3.42. The minimum absolute atomic E-state index is 0.265. The molecule has 1 aromatic rings. The normalized spacial score (nSPS) is 24.9. The third-order valence-electron chi connectivity index (χ3n) is 3.42. The van der Waals surface area contributed by atoms with Gasteiger partial charge in [-0.2, -0.15) is 5.10 Å². The lowest BCUT2D eigenvalue weighted by molar-refractivity contribution is 0.396. The van der Waals surface area contributed by atoms with Crippen LogP contribution in [0.1, 0.15) is 44.2 Å². The maximum Gasteiger partial charge on any atom is 0.160 e. The van der Waals surface area contributed by atoms with Gasteiger partial charge in [-0.25, -0.2) is 0 Å². The van der Waals surface area contributed by atoms with Gasteiger partial charge in [0.2, 0.25) is 0 Å². The molecule has 1 fully saturated rings. The van der Waals surface area contributed by atoms with Crippen molar-refractivity contribution in [3.63, 3.8) is 0 Å². The Kier molecular flexibility index (Phi) is 3.49. The summed E-state index contributed by atoms with van der Waals surface area (Å²) in [6.45, 7) is 3.11. The molecular formula is C12H21N3O. The van der Waals surface area contributed by atoms with E-state index in [1.165, 1.54) is 12.1 Å². The Morgan fingerprint density at radius 3 is 2.94 bits per heavy atom. The van der Waals surface area contributed by atoms with E-state index in [0.717, 1.165) is 31.6 Å². The largest absolute Gasteiger partial charge is 0.493 e. The Hall–Kier alpha value is -1.03. The van der Waals surface area contributed by atoms with Crippen LogP contribution in [0.4, 0.5) is 0 Å². The molecule has 0 amide bonds. The van der Waals surface area contributed by atoms with E-state index in [2.05, 4.69) is 16.7 Å². The Labute approximate surface area is 96.8 Å². The van der Waals surface area contributed by atoms with Gasteiger partial charge in [0.05, 0.1) is 19.0 Å². The maximum atomic E-state index is 6.16. The molecule has 4 heteroatoms. The summed E-state index contributed by atoms with van der Waals surface area (Å²) in [6.07, 6.45) is 6.39. The Morgan fingerprint density at radius 2 is 2.38 bits per heavy atom. The number of methoxy groups -OCH3 is 1. The highest BCUT2D eigenvalue weighted by Crippen LogP contribution is 2.38. The molecule has 0 aliphatic heterocycles. The lowest BCUT2D eigenvalue weighted by Crippen LogP contribution is -2.25. The van der Waals surface area contributed by atoms with Gasteiger partial charge in [-0.15, -0.1) is 0 Å². The number of aryl methyl sites for hydroxylation is 1. The first-order valence-electron chi connectivity index (χ1n) is 6.13. The van der Waals surface area contributed by atoms with Gasteiger partial charge in [0.15, 0.2) is 5.75 Å². The first-order valence-corrected chi connectivity index (χ1v) is 6.13. The highest BCUT2D eigenvalue weighted by molar-refractivity contribution is 5.30. The van der Waals surface area contributed by atoms with Gasteiger partial charge in [-0.05, 0) is 19.3 Å². The van der Waals surface area contributed by atoms with Gasteiger partial charge in [0.25, 0.3) is 0 Å². The molecular weight excluding hydrogens is 202 g/mol. The number of hydrogen-bond donors (Lipinski definition) is 1. The summed E-state index contributed by atoms with van der Waals surface area (Å²) in [5.74, 6) is 1.32. The van der Waals surface area contributed by atoms with Crippen molar-refractivity contribution in [3.05, 3.63) is 11.9 Å². The van der Waals surface area contributed by atoms with Crippen LogP contribution < -0.4 is 10.5 Å². The van der Waals surface area contributed by atoms with Crippen molar-refractivity contribution in [1.29, 1.82) is 0 Å². The molecule has 1 aliphatic rings. The molecule has 1 aliphatic carbocycles. The summed E-state index contributed by atoms with van der Waals surface area (Å²) in [4.78, 5) is 0. The zero-order valence-electron chi connectivity index (χ0n) is 10.1. The Bertz CT molecular complexity index is 348. The van der Waals surface area contributed by atoms with Crippen LogP contribution in [-0.4, -0.2) is 22.9 Å². The van der Waals surface area contributed by atoms with Gasteiger partial charge in [0, 0.05) is 18.5 Å². The standard InChI is InChI=1S/C12H21N3O/c1-3-7-15-12(11(16-2)8-14-15)9-5-4-6-10(9)13/h8-10H,3-7,13H2,1-2H3. The fourth-order valence-corrected chi connectivity index (χ4v) is 2.63. The van der Waals surface area contributed by atoms with Crippen molar-refractivity contribution < 1.29 is 4.74 Å². The van der Waals surface area contributed by atoms with E-state index in [-0.39, 0.29) is 6.04 Å². The molecule has 0 aromatic carbocycles. The molecule has 0 spiro atoms. The molecule has 16 heavy (non-hydrogen) atoms. The molecule has 1 heterocycles. The molecule has 2 unspecified atom stereocenters. The molecule has 90 valence electrons. The minimum atomic E-state index is 0.265. The summed E-state index contributed by atoms with van der Waals surface area (Å²) in [7, 11) is 1.71. The van der Waals surface area contributed by atoms with Crippen LogP contribution in [0.25, 0.3) is 0 Å². The summed E-state index contributed by atoms with van der Waals surface area (Å²) in [6, 6.07) is 0.265. The molecule has 4 nitrogen and oxygen atoms in total. The van der Waals surface area contributed by atoms with Crippen molar-refractivity contribution in [1.82, 2.24) is 9.78 Å². The Morgan fingerprint density at radius 1 is 1.56 bits per heavy atom. The van der Waals surface area contributed by atoms with Gasteiger partial charge < -0.3 is 10.5 Å². The molecule has 2 N–H and O–H groups in total. The monoisotopic (exact) mass is 223 g/mol. The average molecular weight is 223 g/mol. The van der Waals surface area contributed by atoms with E-state index >= 15 is 0 Å². The van der Waals surface area contributed by atoms with E-state index in [0.29, 0.717) is 5.92 Å². The minimum Gasteiger partial charge on any atom is -0.493 e. The number of nitrogens with zero attached hydrogens (tertiary/aromatic N) is 2. The second-order valence-electron chi connectivity index (χ2n) is 4.52. The lowest BCUT2D eigenvalue weighted by atomic mass is 9.99. The van der Waals surface area contributed by atoms with Crippen molar-refractivity contribution >= 4 is 0 Å². The number of aromatic nitrogens is 2. The van der Waals surface area contributed by atoms with Crippen LogP contribution in [0.3, 0.4) is 0 Å². The molecule has 2 rings (SSSR count). The van der Waals surface area contributed by atoms with Crippen LogP contribution in [-0.2, 0) is 6.54 Å². The quantitative estimate of drug-likeness (QED) is 0.848. The highest BCUT2D eigenvalue weighted by atomic mass is 16.5. The smallest absolute Gasteiger partial charge is 0.160 e. The lowest BCUT2D eigenvalue weighted by Gasteiger charge is -2.18. The second-order valence-corrected chi connectivity index (χ2v) is 4.52. The maximum absolute atomic E-state index is 6.16. The van der Waals surface area contributed by atoms with E-state index in [9.17, 15) is 0 Å². The Balaban J connectivity index is 2.31. The topological polar surface area (TPSA) is 53.1 Å². The van der Waals surface area contributed by atoms with Crippen LogP contribution >= 0.6 is 0 Å². The van der Waals surface area contributed by atoms with E-state index in [4.69, 9.17) is 10.5 Å². The number of hydrogen-bond acceptors (Lipinski definition) is 3. The zero-order valence-corrected chi connectivity index (χ0v) is 10.1. The molecule has 2 atom stereocenters. The van der Waals surface area contributed by atoms with E-state index < -0.39 is 0 Å². The first kappa shape index (κ1) is 11.5. The molecule has 0 radical (unpaired) electrons. The molecule has 1 saturated carbocycles. The summed E-state index contributed by atoms with van der Waals surface area (Å²) in [5.41, 5.74) is 7.37. The number of nitrogens with two attached hydrogens (primary N) is 1. The predicted octanol–water partition coefficient (Wildman–Crippen LogP) is 1.90. The molecule has 0 bridgehead atoms. The van der Waals surface area contributed by atoms with Crippen molar-refractivity contribution in [2.75, 3.05) is 7.11 Å². The fraction of sp³-hybridized carbons (Fsp3) is 0.750. The molecule has 1 aromatic heterocycles. The fourth-order valence-electron chi connectivity index (χ4n) is 2.63. The zero-order chi connectivity index (χ0) is 11.5. The van der Waals surface area contributed by atoms with E-state index in [1.807, 2.05) is 6.20 Å². The van der Waals surface area contributed by atoms with Crippen molar-refractivity contribution in [3.8, 4) is 5.75 Å². The molecule has 0 saturated heterocycles. The van der Waals surface area contributed by atoms with Crippen LogP contribution in [0.15, 0.2) is 6.20 Å². The summed E-state index contributed by atoms with van der Waals surface area (Å²) in [5, 5.41) is 4.39. The van der Waals surface area contributed by atoms with Gasteiger partial charge in [-0.1, -0.05) is 13.3 Å². The van der Waals surface area contributed by atoms with Crippen LogP contribution in [0.5, 0.6) is 5.75 Å². The SMILES string of the molecule is CCCn1ncc(OC)c1C1CCCC1N.